The monoisotopic (exact) mass is 238 g/mol. The lowest BCUT2D eigenvalue weighted by Crippen LogP contribution is -2.46. The average molecular weight is 238 g/mol. The van der Waals surface area contributed by atoms with E-state index in [-0.39, 0.29) is 6.04 Å². The van der Waals surface area contributed by atoms with Crippen LogP contribution in [-0.4, -0.2) is 52.8 Å². The van der Waals surface area contributed by atoms with Crippen LogP contribution in [0.15, 0.2) is 18.6 Å². The Balaban J connectivity index is 2.45. The molecule has 0 fully saturated rings. The van der Waals surface area contributed by atoms with Gasteiger partial charge in [-0.2, -0.15) is 0 Å². The Morgan fingerprint density at radius 2 is 2.18 bits per heavy atom. The number of rotatable bonds is 6. The van der Waals surface area contributed by atoms with Gasteiger partial charge in [-0.25, -0.2) is 0 Å². The van der Waals surface area contributed by atoms with Crippen molar-refractivity contribution in [3.63, 3.8) is 0 Å². The number of hydrogen-bond acceptors (Lipinski definition) is 5. The van der Waals surface area contributed by atoms with Gasteiger partial charge in [-0.05, 0) is 27.9 Å². The number of nitrogens with zero attached hydrogens (tertiary/aromatic N) is 3. The molecule has 0 spiro atoms. The first-order valence-corrected chi connectivity index (χ1v) is 5.77. The molecule has 1 heterocycles. The number of hydrogen-bond donors (Lipinski definition) is 2. The first-order chi connectivity index (χ1) is 7.91. The number of likely N-dealkylation sites (N-methyl/N-ethyl adjacent to an activating group) is 1. The predicted octanol–water partition coefficient (Wildman–Crippen LogP) is 0.440. The fourth-order valence-electron chi connectivity index (χ4n) is 1.75. The first kappa shape index (κ1) is 14.0. The van der Waals surface area contributed by atoms with Crippen LogP contribution in [0.2, 0.25) is 0 Å². The summed E-state index contributed by atoms with van der Waals surface area (Å²) in [6.45, 7) is 4.97. The normalized spacial score (nSPS) is 16.8. The molecule has 5 nitrogen and oxygen atoms in total. The maximum Gasteiger partial charge on any atom is 0.0869 e. The van der Waals surface area contributed by atoms with Gasteiger partial charge in [-0.15, -0.1) is 0 Å². The van der Waals surface area contributed by atoms with Crippen molar-refractivity contribution in [2.45, 2.75) is 25.5 Å². The van der Waals surface area contributed by atoms with Gasteiger partial charge < -0.3 is 15.3 Å². The molecule has 2 unspecified atom stereocenters. The molecule has 0 aliphatic heterocycles. The highest BCUT2D eigenvalue weighted by atomic mass is 16.3. The van der Waals surface area contributed by atoms with Crippen molar-refractivity contribution in [3.05, 3.63) is 24.3 Å². The molecule has 0 amide bonds. The Morgan fingerprint density at radius 3 is 2.71 bits per heavy atom. The van der Waals surface area contributed by atoms with Crippen molar-refractivity contribution in [1.29, 1.82) is 0 Å². The lowest BCUT2D eigenvalue weighted by molar-refractivity contribution is 0.0316. The molecule has 1 aromatic heterocycles. The van der Waals surface area contributed by atoms with Crippen molar-refractivity contribution in [1.82, 2.24) is 20.2 Å². The molecule has 1 aromatic rings. The van der Waals surface area contributed by atoms with Gasteiger partial charge in [0.25, 0.3) is 0 Å². The van der Waals surface area contributed by atoms with Crippen molar-refractivity contribution >= 4 is 0 Å². The minimum absolute atomic E-state index is 0.0809. The van der Waals surface area contributed by atoms with Crippen molar-refractivity contribution in [2.24, 2.45) is 0 Å². The largest absolute Gasteiger partial charge is 0.388 e. The van der Waals surface area contributed by atoms with Gasteiger partial charge in [-0.1, -0.05) is 0 Å². The maximum absolute atomic E-state index is 10.1. The van der Waals surface area contributed by atoms with E-state index >= 15 is 0 Å². The third kappa shape index (κ3) is 5.21. The van der Waals surface area contributed by atoms with Crippen LogP contribution in [0, 0.1) is 0 Å². The zero-order chi connectivity index (χ0) is 12.9. The third-order valence-corrected chi connectivity index (χ3v) is 2.47. The summed E-state index contributed by atoms with van der Waals surface area (Å²) < 4.78 is 0. The van der Waals surface area contributed by atoms with Gasteiger partial charge in [-0.3, -0.25) is 9.97 Å². The zero-order valence-electron chi connectivity index (χ0n) is 11.0. The molecule has 5 heteroatoms. The van der Waals surface area contributed by atoms with E-state index in [2.05, 4.69) is 15.3 Å². The van der Waals surface area contributed by atoms with Gasteiger partial charge in [0, 0.05) is 37.7 Å². The van der Waals surface area contributed by atoms with Crippen LogP contribution in [0.5, 0.6) is 0 Å². The topological polar surface area (TPSA) is 61.3 Å². The molecule has 96 valence electrons. The molecule has 0 aromatic carbocycles. The van der Waals surface area contributed by atoms with Gasteiger partial charge in [0.2, 0.25) is 0 Å². The van der Waals surface area contributed by atoms with E-state index in [1.807, 2.05) is 32.8 Å². The van der Waals surface area contributed by atoms with Crippen molar-refractivity contribution < 1.29 is 5.11 Å². The van der Waals surface area contributed by atoms with Gasteiger partial charge in [0.15, 0.2) is 0 Å². The molecule has 0 aliphatic rings. The summed E-state index contributed by atoms with van der Waals surface area (Å²) in [7, 11) is 3.89. The molecule has 1 rings (SSSR count). The second kappa shape index (κ2) is 6.05. The molecule has 0 aliphatic carbocycles. The lowest BCUT2D eigenvalue weighted by Gasteiger charge is -2.28. The van der Waals surface area contributed by atoms with Gasteiger partial charge in [0.05, 0.1) is 11.3 Å². The molecule has 0 bridgehead atoms. The van der Waals surface area contributed by atoms with Crippen LogP contribution in [0.4, 0.5) is 0 Å². The standard InChI is InChI=1S/C12H22N4O/c1-10(11-7-13-5-6-14-11)15-8-12(2,17)9-16(3)4/h5-7,10,15,17H,8-9H2,1-4H3. The summed E-state index contributed by atoms with van der Waals surface area (Å²) in [4.78, 5) is 10.2. The number of nitrogens with one attached hydrogen (secondary N) is 1. The van der Waals surface area contributed by atoms with Crippen LogP contribution in [0.25, 0.3) is 0 Å². The lowest BCUT2D eigenvalue weighted by atomic mass is 10.1. The van der Waals surface area contributed by atoms with E-state index in [0.717, 1.165) is 5.69 Å². The SMILES string of the molecule is CC(NCC(C)(O)CN(C)C)c1cnccn1. The second-order valence-electron chi connectivity index (χ2n) is 4.97. The maximum atomic E-state index is 10.1. The zero-order valence-corrected chi connectivity index (χ0v) is 11.0. The smallest absolute Gasteiger partial charge is 0.0869 e. The fourth-order valence-corrected chi connectivity index (χ4v) is 1.75. The van der Waals surface area contributed by atoms with E-state index in [4.69, 9.17) is 0 Å². The van der Waals surface area contributed by atoms with E-state index in [0.29, 0.717) is 13.1 Å². The summed E-state index contributed by atoms with van der Waals surface area (Å²) in [5, 5.41) is 13.4. The minimum atomic E-state index is -0.750. The molecular weight excluding hydrogens is 216 g/mol. The highest BCUT2D eigenvalue weighted by molar-refractivity contribution is 5.01. The molecule has 0 saturated carbocycles. The molecule has 0 radical (unpaired) electrons. The predicted molar refractivity (Wildman–Crippen MR) is 67.6 cm³/mol. The van der Waals surface area contributed by atoms with Crippen LogP contribution in [0.3, 0.4) is 0 Å². The Hall–Kier alpha value is -1.04. The number of aliphatic hydroxyl groups is 1. The molecule has 2 N–H and O–H groups in total. The van der Waals surface area contributed by atoms with Crippen molar-refractivity contribution in [2.75, 3.05) is 27.2 Å². The Bertz CT molecular complexity index is 327. The van der Waals surface area contributed by atoms with E-state index < -0.39 is 5.60 Å². The average Bonchev–Trinajstić information content (AvgIpc) is 2.25. The molecule has 0 saturated heterocycles. The Morgan fingerprint density at radius 1 is 1.47 bits per heavy atom. The molecule has 17 heavy (non-hydrogen) atoms. The summed E-state index contributed by atoms with van der Waals surface area (Å²) in [6, 6.07) is 0.0809. The summed E-state index contributed by atoms with van der Waals surface area (Å²) >= 11 is 0. The highest BCUT2D eigenvalue weighted by Gasteiger charge is 2.22. The summed E-state index contributed by atoms with van der Waals surface area (Å²) in [5.74, 6) is 0. The second-order valence-corrected chi connectivity index (χ2v) is 4.97. The van der Waals surface area contributed by atoms with Crippen LogP contribution < -0.4 is 5.32 Å². The van der Waals surface area contributed by atoms with Gasteiger partial charge in [0.1, 0.15) is 0 Å². The van der Waals surface area contributed by atoms with E-state index in [1.54, 1.807) is 18.6 Å². The van der Waals surface area contributed by atoms with E-state index in [1.165, 1.54) is 0 Å². The van der Waals surface area contributed by atoms with Crippen LogP contribution in [0.1, 0.15) is 25.6 Å². The highest BCUT2D eigenvalue weighted by Crippen LogP contribution is 2.09. The quantitative estimate of drug-likeness (QED) is 0.753. The summed E-state index contributed by atoms with van der Waals surface area (Å²) in [6.07, 6.45) is 5.06. The Labute approximate surface area is 103 Å². The van der Waals surface area contributed by atoms with Gasteiger partial charge >= 0.3 is 0 Å². The summed E-state index contributed by atoms with van der Waals surface area (Å²) in [5.41, 5.74) is 0.133. The fraction of sp³-hybridized carbons (Fsp3) is 0.667. The van der Waals surface area contributed by atoms with Crippen LogP contribution >= 0.6 is 0 Å². The van der Waals surface area contributed by atoms with E-state index in [9.17, 15) is 5.11 Å². The van der Waals surface area contributed by atoms with Crippen LogP contribution in [-0.2, 0) is 0 Å². The first-order valence-electron chi connectivity index (χ1n) is 5.77. The minimum Gasteiger partial charge on any atom is -0.388 e. The number of aromatic nitrogens is 2. The third-order valence-electron chi connectivity index (χ3n) is 2.47. The Kier molecular flexibility index (Phi) is 4.99. The molecular formula is C12H22N4O. The molecule has 2 atom stereocenters. The van der Waals surface area contributed by atoms with Crippen molar-refractivity contribution in [3.8, 4) is 0 Å².